The Labute approximate surface area is 305 Å². The van der Waals surface area contributed by atoms with Crippen LogP contribution in [0.5, 0.6) is 0 Å². The van der Waals surface area contributed by atoms with Crippen molar-refractivity contribution in [2.75, 3.05) is 7.05 Å². The lowest BCUT2D eigenvalue weighted by molar-refractivity contribution is -0.125. The van der Waals surface area contributed by atoms with E-state index >= 15 is 0 Å². The van der Waals surface area contributed by atoms with Gasteiger partial charge >= 0.3 is 6.03 Å². The molecule has 0 radical (unpaired) electrons. The maximum absolute atomic E-state index is 13.9. The maximum atomic E-state index is 13.9. The summed E-state index contributed by atoms with van der Waals surface area (Å²) in [6.07, 6.45) is 3.69. The number of aromatic nitrogens is 2. The van der Waals surface area contributed by atoms with Crippen molar-refractivity contribution in [2.24, 2.45) is 5.92 Å². The molecule has 2 aromatic heterocycles. The van der Waals surface area contributed by atoms with Crippen LogP contribution in [0.25, 0.3) is 0 Å². The van der Waals surface area contributed by atoms with Crippen LogP contribution in [0.4, 0.5) is 4.79 Å². The number of aryl methyl sites for hydroxylation is 2. The van der Waals surface area contributed by atoms with E-state index in [1.165, 1.54) is 0 Å². The van der Waals surface area contributed by atoms with Crippen molar-refractivity contribution in [3.63, 3.8) is 0 Å². The Morgan fingerprint density at radius 3 is 1.94 bits per heavy atom. The fraction of sp³-hybridized carbons (Fsp3) is 0.462. The van der Waals surface area contributed by atoms with Crippen LogP contribution in [0.1, 0.15) is 85.3 Å². The van der Waals surface area contributed by atoms with Crippen molar-refractivity contribution >= 4 is 40.5 Å². The fourth-order valence-corrected chi connectivity index (χ4v) is 7.39. The van der Waals surface area contributed by atoms with Gasteiger partial charge < -0.3 is 20.9 Å². The molecule has 3 atom stereocenters. The third kappa shape index (κ3) is 12.4. The summed E-state index contributed by atoms with van der Waals surface area (Å²) in [5.41, 5.74) is 5.88. The predicted octanol–water partition coefficient (Wildman–Crippen LogP) is 7.07. The summed E-state index contributed by atoms with van der Waals surface area (Å²) in [5, 5.41) is 12.6. The molecular weight excluding hydrogens is 665 g/mol. The molecule has 2 heterocycles. The van der Waals surface area contributed by atoms with Crippen LogP contribution < -0.4 is 16.0 Å². The number of hydrogen-bond acceptors (Lipinski definition) is 7. The van der Waals surface area contributed by atoms with Gasteiger partial charge in [-0.05, 0) is 56.1 Å². The van der Waals surface area contributed by atoms with Gasteiger partial charge in [0.05, 0.1) is 28.5 Å². The van der Waals surface area contributed by atoms with Gasteiger partial charge in [0.15, 0.2) is 0 Å². The number of carbonyl (C=O) groups excluding carboxylic acids is 3. The topological polar surface area (TPSA) is 116 Å². The molecule has 0 spiro atoms. The molecule has 50 heavy (non-hydrogen) atoms. The van der Waals surface area contributed by atoms with Crippen molar-refractivity contribution < 1.29 is 14.4 Å². The number of nitrogens with one attached hydrogen (secondary N) is 3. The first kappa shape index (κ1) is 38.7. The van der Waals surface area contributed by atoms with E-state index in [2.05, 4.69) is 64.0 Å². The molecule has 0 bridgehead atoms. The van der Waals surface area contributed by atoms with Gasteiger partial charge in [-0.3, -0.25) is 9.59 Å². The molecule has 0 saturated heterocycles. The average Bonchev–Trinajstić information content (AvgIpc) is 3.74. The highest BCUT2D eigenvalue weighted by atomic mass is 32.1. The second kappa shape index (κ2) is 19.3. The molecule has 0 fully saturated rings. The van der Waals surface area contributed by atoms with Crippen LogP contribution in [0.2, 0.25) is 0 Å². The van der Waals surface area contributed by atoms with E-state index in [4.69, 9.17) is 0 Å². The molecule has 9 nitrogen and oxygen atoms in total. The van der Waals surface area contributed by atoms with E-state index < -0.39 is 6.04 Å². The minimum atomic E-state index is -0.722. The highest BCUT2D eigenvalue weighted by Gasteiger charge is 2.28. The average molecular weight is 717 g/mol. The van der Waals surface area contributed by atoms with Gasteiger partial charge in [0.1, 0.15) is 6.04 Å². The third-order valence-electron chi connectivity index (χ3n) is 8.69. The molecule has 4 rings (SSSR count). The molecule has 4 aromatic rings. The Bertz CT molecular complexity index is 1640. The maximum Gasteiger partial charge on any atom is 0.318 e. The number of nitrogens with zero attached hydrogens (tertiary/aromatic N) is 3. The molecule has 0 unspecified atom stereocenters. The molecule has 2 aromatic carbocycles. The zero-order chi connectivity index (χ0) is 36.0. The second-order valence-corrected chi connectivity index (χ2v) is 15.5. The zero-order valence-electron chi connectivity index (χ0n) is 30.1. The lowest BCUT2D eigenvalue weighted by atomic mass is 9.95. The number of benzene rings is 2. The van der Waals surface area contributed by atoms with Gasteiger partial charge in [-0.2, -0.15) is 0 Å². The van der Waals surface area contributed by atoms with Crippen molar-refractivity contribution in [3.8, 4) is 0 Å². The highest BCUT2D eigenvalue weighted by Crippen LogP contribution is 2.20. The Kier molecular flexibility index (Phi) is 15.0. The molecule has 11 heteroatoms. The molecule has 0 aliphatic rings. The number of carbonyl (C=O) groups is 3. The molecule has 268 valence electrons. The first-order valence-corrected chi connectivity index (χ1v) is 19.3. The van der Waals surface area contributed by atoms with E-state index in [0.717, 1.165) is 32.4 Å². The summed E-state index contributed by atoms with van der Waals surface area (Å²) >= 11 is 3.18. The minimum absolute atomic E-state index is 0.00663. The summed E-state index contributed by atoms with van der Waals surface area (Å²) in [5.74, 6) is -0.0212. The largest absolute Gasteiger partial charge is 0.353 e. The smallest absolute Gasteiger partial charge is 0.318 e. The van der Waals surface area contributed by atoms with E-state index in [-0.39, 0.29) is 35.8 Å². The number of amides is 4. The van der Waals surface area contributed by atoms with Crippen LogP contribution in [0, 0.1) is 12.8 Å². The first-order chi connectivity index (χ1) is 24.0. The van der Waals surface area contributed by atoms with Crippen molar-refractivity contribution in [2.45, 2.75) is 104 Å². The quantitative estimate of drug-likeness (QED) is 0.102. The number of urea groups is 1. The molecule has 0 saturated carbocycles. The number of rotatable bonds is 18. The molecule has 3 N–H and O–H groups in total. The number of thiazole rings is 2. The van der Waals surface area contributed by atoms with Crippen LogP contribution in [-0.2, 0) is 35.4 Å². The van der Waals surface area contributed by atoms with Crippen molar-refractivity contribution in [1.82, 2.24) is 30.8 Å². The van der Waals surface area contributed by atoms with E-state index in [1.54, 1.807) is 34.6 Å². The normalized spacial score (nSPS) is 13.1. The lowest BCUT2D eigenvalue weighted by Crippen LogP contribution is -2.54. The minimum Gasteiger partial charge on any atom is -0.353 e. The Balaban J connectivity index is 1.43. The Morgan fingerprint density at radius 1 is 0.820 bits per heavy atom. The van der Waals surface area contributed by atoms with Crippen LogP contribution in [0.3, 0.4) is 0 Å². The van der Waals surface area contributed by atoms with E-state index in [1.807, 2.05) is 68.1 Å². The lowest BCUT2D eigenvalue weighted by Gasteiger charge is -2.28. The summed E-state index contributed by atoms with van der Waals surface area (Å²) in [7, 11) is 1.72. The Hall–Kier alpha value is -4.09. The van der Waals surface area contributed by atoms with Crippen LogP contribution in [-0.4, -0.2) is 57.9 Å². The molecule has 4 amide bonds. The summed E-state index contributed by atoms with van der Waals surface area (Å²) in [6, 6.07) is 18.9. The van der Waals surface area contributed by atoms with Crippen LogP contribution in [0.15, 0.2) is 71.6 Å². The van der Waals surface area contributed by atoms with E-state index in [0.29, 0.717) is 51.0 Å². The van der Waals surface area contributed by atoms with Gasteiger partial charge in [0.25, 0.3) is 0 Å². The SMILES string of the molecule is Cc1ncsc1CCC(=O)N[C@H](CC[C@H](Cc1ccccc1)NC(=O)[C@@H](NC(=O)N(C)Cc1csc(C(C)C)n1)C(C)C)Cc1ccccc1. The summed E-state index contributed by atoms with van der Waals surface area (Å²) in [4.78, 5) is 52.0. The Morgan fingerprint density at radius 2 is 1.42 bits per heavy atom. The van der Waals surface area contributed by atoms with E-state index in [9.17, 15) is 14.4 Å². The first-order valence-electron chi connectivity index (χ1n) is 17.5. The van der Waals surface area contributed by atoms with Crippen LogP contribution >= 0.6 is 22.7 Å². The van der Waals surface area contributed by atoms with Gasteiger partial charge in [-0.25, -0.2) is 14.8 Å². The van der Waals surface area contributed by atoms with Gasteiger partial charge in [0.2, 0.25) is 11.8 Å². The summed E-state index contributed by atoms with van der Waals surface area (Å²) < 4.78 is 0. The molecule has 0 aliphatic heterocycles. The molecule has 0 aliphatic carbocycles. The van der Waals surface area contributed by atoms with Gasteiger partial charge in [0, 0.05) is 41.7 Å². The van der Waals surface area contributed by atoms with Crippen molar-refractivity contribution in [3.05, 3.63) is 104 Å². The number of hydrogen-bond donors (Lipinski definition) is 3. The highest BCUT2D eigenvalue weighted by molar-refractivity contribution is 7.10. The standard InChI is InChI=1S/C39H52N6O3S2/c1-26(2)36(44-39(48)45(6)23-33-24-49-38(43-33)27(3)4)37(47)42-32(22-30-15-11-8-12-16-30)18-17-31(21-29-13-9-7-10-14-29)41-35(46)20-19-34-28(5)40-25-50-34/h7-16,24-27,31-32,36H,17-23H2,1-6H3,(H,41,46)(H,42,47)(H,44,48)/t31-,32-,36+/m1/s1. The van der Waals surface area contributed by atoms with Gasteiger partial charge in [-0.1, -0.05) is 88.4 Å². The summed E-state index contributed by atoms with van der Waals surface area (Å²) in [6.45, 7) is 10.4. The monoisotopic (exact) mass is 716 g/mol. The second-order valence-electron chi connectivity index (χ2n) is 13.6. The molecular formula is C39H52N6O3S2. The third-order valence-corrected chi connectivity index (χ3v) is 10.9. The predicted molar refractivity (Wildman–Crippen MR) is 203 cm³/mol. The van der Waals surface area contributed by atoms with Crippen molar-refractivity contribution in [1.29, 1.82) is 0 Å². The zero-order valence-corrected chi connectivity index (χ0v) is 31.8. The fourth-order valence-electron chi connectivity index (χ4n) is 5.79. The van der Waals surface area contributed by atoms with Gasteiger partial charge in [-0.15, -0.1) is 22.7 Å².